The summed E-state index contributed by atoms with van der Waals surface area (Å²) < 4.78 is 0. The molecule has 0 amide bonds. The fourth-order valence-corrected chi connectivity index (χ4v) is 2.68. The van der Waals surface area contributed by atoms with E-state index >= 15 is 0 Å². The first-order valence-electron chi connectivity index (χ1n) is 5.35. The topological polar surface area (TPSA) is 112 Å². The van der Waals surface area contributed by atoms with Crippen LogP contribution in [0.5, 0.6) is 0 Å². The Labute approximate surface area is 97.4 Å². The number of nitrogens with zero attached hydrogens (tertiary/aromatic N) is 4. The number of nitriles is 2. The largest absolute Gasteiger partial charge is 0.482 e. The maximum absolute atomic E-state index is 11.2. The minimum absolute atomic E-state index is 0.0181. The summed E-state index contributed by atoms with van der Waals surface area (Å²) in [5.41, 5.74) is -3.41. The highest BCUT2D eigenvalue weighted by atomic mass is 16.7. The Morgan fingerprint density at radius 1 is 1.35 bits per heavy atom. The van der Waals surface area contributed by atoms with Crippen LogP contribution in [-0.4, -0.2) is 16.4 Å². The molecular formula is C10H10N4O3. The fraction of sp³-hybridized carbons (Fsp3) is 0.700. The van der Waals surface area contributed by atoms with E-state index in [2.05, 4.69) is 5.16 Å². The standard InChI is InChI=1S/C10H10N4O3/c11-6-8-9(4-2-1-3-5-9)10(7-12,14(15)16)17-13-8/h1-5H2/t10-/m1/s1. The molecule has 0 bridgehead atoms. The molecule has 1 saturated carbocycles. The maximum Gasteiger partial charge on any atom is 0.482 e. The van der Waals surface area contributed by atoms with Crippen molar-refractivity contribution in [2.24, 2.45) is 10.6 Å². The SMILES string of the molecule is N#CC1=NO[C@@](C#N)([N+](=O)[O-])C12CCCCC2. The van der Waals surface area contributed by atoms with Gasteiger partial charge >= 0.3 is 5.72 Å². The zero-order valence-corrected chi connectivity index (χ0v) is 9.05. The Hall–Kier alpha value is -2.15. The van der Waals surface area contributed by atoms with Crippen molar-refractivity contribution in [1.82, 2.24) is 0 Å². The normalized spacial score (nSPS) is 29.9. The van der Waals surface area contributed by atoms with Crippen LogP contribution in [0.4, 0.5) is 0 Å². The van der Waals surface area contributed by atoms with Gasteiger partial charge < -0.3 is 4.84 Å². The Morgan fingerprint density at radius 2 is 2.00 bits per heavy atom. The molecule has 1 atom stereocenters. The van der Waals surface area contributed by atoms with Crippen LogP contribution in [0.25, 0.3) is 0 Å². The molecule has 7 nitrogen and oxygen atoms in total. The van der Waals surface area contributed by atoms with Crippen LogP contribution >= 0.6 is 0 Å². The van der Waals surface area contributed by atoms with Gasteiger partial charge in [-0.25, -0.2) is 0 Å². The Bertz CT molecular complexity index is 467. The summed E-state index contributed by atoms with van der Waals surface area (Å²) in [5, 5.41) is 32.8. The quantitative estimate of drug-likeness (QED) is 0.501. The summed E-state index contributed by atoms with van der Waals surface area (Å²) >= 11 is 0. The lowest BCUT2D eigenvalue weighted by molar-refractivity contribution is -0.625. The van der Waals surface area contributed by atoms with E-state index < -0.39 is 16.1 Å². The molecule has 1 fully saturated rings. The van der Waals surface area contributed by atoms with Crippen LogP contribution in [0, 0.1) is 38.2 Å². The van der Waals surface area contributed by atoms with E-state index in [1.54, 1.807) is 6.07 Å². The summed E-state index contributed by atoms with van der Waals surface area (Å²) in [7, 11) is 0. The molecule has 0 N–H and O–H groups in total. The Kier molecular flexibility index (Phi) is 2.47. The van der Waals surface area contributed by atoms with Gasteiger partial charge in [0.05, 0.1) is 4.92 Å². The number of hydrogen-bond acceptors (Lipinski definition) is 6. The maximum atomic E-state index is 11.2. The predicted molar refractivity (Wildman–Crippen MR) is 55.0 cm³/mol. The van der Waals surface area contributed by atoms with Crippen LogP contribution in [0.15, 0.2) is 5.16 Å². The minimum atomic E-state index is -2.22. The average molecular weight is 234 g/mol. The van der Waals surface area contributed by atoms with Crippen LogP contribution in [-0.2, 0) is 4.84 Å². The third-order valence-corrected chi connectivity index (χ3v) is 3.59. The summed E-state index contributed by atoms with van der Waals surface area (Å²) in [6.45, 7) is 0. The van der Waals surface area contributed by atoms with Crippen molar-refractivity contribution in [2.45, 2.75) is 37.8 Å². The molecule has 0 radical (unpaired) electrons. The number of nitro groups is 1. The van der Waals surface area contributed by atoms with Gasteiger partial charge in [0.1, 0.15) is 6.07 Å². The predicted octanol–water partition coefficient (Wildman–Crippen LogP) is 1.34. The summed E-state index contributed by atoms with van der Waals surface area (Å²) in [6, 6.07) is 3.45. The molecule has 1 aliphatic heterocycles. The summed E-state index contributed by atoms with van der Waals surface area (Å²) in [4.78, 5) is 15.2. The van der Waals surface area contributed by atoms with Crippen LogP contribution in [0.3, 0.4) is 0 Å². The van der Waals surface area contributed by atoms with E-state index in [0.29, 0.717) is 12.8 Å². The second kappa shape index (κ2) is 3.70. The smallest absolute Gasteiger partial charge is 0.303 e. The lowest BCUT2D eigenvalue weighted by Crippen LogP contribution is -2.55. The highest BCUT2D eigenvalue weighted by Gasteiger charge is 2.72. The van der Waals surface area contributed by atoms with Gasteiger partial charge in [-0.15, -0.1) is 0 Å². The van der Waals surface area contributed by atoms with E-state index in [1.807, 2.05) is 6.07 Å². The summed E-state index contributed by atoms with van der Waals surface area (Å²) in [5.74, 6) is 0. The summed E-state index contributed by atoms with van der Waals surface area (Å²) in [6.07, 6.45) is 3.21. The first-order chi connectivity index (χ1) is 8.13. The van der Waals surface area contributed by atoms with Gasteiger partial charge in [0, 0.05) is 0 Å². The van der Waals surface area contributed by atoms with Gasteiger partial charge in [-0.3, -0.25) is 10.1 Å². The molecule has 88 valence electrons. The van der Waals surface area contributed by atoms with Gasteiger partial charge in [0.25, 0.3) is 0 Å². The van der Waals surface area contributed by atoms with Crippen molar-refractivity contribution in [3.63, 3.8) is 0 Å². The molecule has 2 aliphatic rings. The van der Waals surface area contributed by atoms with Gasteiger partial charge in [0.15, 0.2) is 17.2 Å². The molecule has 1 heterocycles. The zero-order chi connectivity index (χ0) is 12.5. The van der Waals surface area contributed by atoms with Gasteiger partial charge in [-0.2, -0.15) is 10.5 Å². The highest BCUT2D eigenvalue weighted by Crippen LogP contribution is 2.51. The third-order valence-electron chi connectivity index (χ3n) is 3.59. The van der Waals surface area contributed by atoms with Gasteiger partial charge in [-0.1, -0.05) is 24.4 Å². The van der Waals surface area contributed by atoms with E-state index in [9.17, 15) is 10.1 Å². The van der Waals surface area contributed by atoms with E-state index in [1.165, 1.54) is 0 Å². The van der Waals surface area contributed by atoms with Crippen LogP contribution in [0.2, 0.25) is 0 Å². The van der Waals surface area contributed by atoms with E-state index in [4.69, 9.17) is 15.4 Å². The van der Waals surface area contributed by atoms with E-state index in [0.717, 1.165) is 19.3 Å². The minimum Gasteiger partial charge on any atom is -0.303 e. The second-order valence-corrected chi connectivity index (χ2v) is 4.30. The number of rotatable bonds is 1. The second-order valence-electron chi connectivity index (χ2n) is 4.30. The lowest BCUT2D eigenvalue weighted by Gasteiger charge is -2.34. The Morgan fingerprint density at radius 3 is 2.47 bits per heavy atom. The highest BCUT2D eigenvalue weighted by molar-refractivity contribution is 6.04. The van der Waals surface area contributed by atoms with Crippen molar-refractivity contribution < 1.29 is 9.76 Å². The van der Waals surface area contributed by atoms with Crippen LogP contribution < -0.4 is 0 Å². The monoisotopic (exact) mass is 234 g/mol. The van der Waals surface area contributed by atoms with Crippen molar-refractivity contribution in [3.8, 4) is 12.1 Å². The zero-order valence-electron chi connectivity index (χ0n) is 9.05. The molecule has 1 spiro atoms. The number of hydrogen-bond donors (Lipinski definition) is 0. The van der Waals surface area contributed by atoms with Crippen LogP contribution in [0.1, 0.15) is 32.1 Å². The molecule has 0 aromatic rings. The molecule has 0 unspecified atom stereocenters. The number of oxime groups is 1. The first kappa shape index (κ1) is 11.3. The van der Waals surface area contributed by atoms with Crippen molar-refractivity contribution in [2.75, 3.05) is 0 Å². The molecule has 17 heavy (non-hydrogen) atoms. The molecule has 1 aliphatic carbocycles. The molecular weight excluding hydrogens is 224 g/mol. The molecule has 2 rings (SSSR count). The van der Waals surface area contributed by atoms with Gasteiger partial charge in [-0.05, 0) is 12.8 Å². The van der Waals surface area contributed by atoms with Crippen molar-refractivity contribution in [3.05, 3.63) is 10.1 Å². The van der Waals surface area contributed by atoms with Gasteiger partial charge in [0.2, 0.25) is 0 Å². The van der Waals surface area contributed by atoms with Crippen molar-refractivity contribution in [1.29, 1.82) is 10.5 Å². The molecule has 0 saturated heterocycles. The fourth-order valence-electron chi connectivity index (χ4n) is 2.68. The first-order valence-corrected chi connectivity index (χ1v) is 5.35. The molecule has 7 heteroatoms. The third kappa shape index (κ3) is 1.22. The average Bonchev–Trinajstić information content (AvgIpc) is 2.64. The molecule has 0 aromatic heterocycles. The Balaban J connectivity index is 2.54. The molecule has 0 aromatic carbocycles. The van der Waals surface area contributed by atoms with Crippen molar-refractivity contribution >= 4 is 5.71 Å². The van der Waals surface area contributed by atoms with E-state index in [-0.39, 0.29) is 5.71 Å². The lowest BCUT2D eigenvalue weighted by atomic mass is 9.65.